The lowest BCUT2D eigenvalue weighted by Gasteiger charge is -2.31. The van der Waals surface area contributed by atoms with Crippen LogP contribution in [0.1, 0.15) is 29.8 Å². The number of carbonyl (C=O) groups excluding carboxylic acids is 2. The van der Waals surface area contributed by atoms with Gasteiger partial charge in [0, 0.05) is 6.54 Å². The van der Waals surface area contributed by atoms with Crippen LogP contribution in [-0.4, -0.2) is 50.8 Å². The molecule has 1 aromatic carbocycles. The fourth-order valence-electron chi connectivity index (χ4n) is 2.90. The Kier molecular flexibility index (Phi) is 6.12. The third kappa shape index (κ3) is 5.33. The van der Waals surface area contributed by atoms with Crippen LogP contribution in [-0.2, 0) is 20.8 Å². The Balaban J connectivity index is 1.79. The van der Waals surface area contributed by atoms with Gasteiger partial charge in [0.2, 0.25) is 0 Å². The molecule has 1 fully saturated rings. The second-order valence-corrected chi connectivity index (χ2v) is 6.06. The number of amides is 1. The molecule has 2 atom stereocenters. The molecule has 0 spiro atoms. The molecule has 1 aliphatic heterocycles. The first-order chi connectivity index (χ1) is 11.0. The van der Waals surface area contributed by atoms with E-state index < -0.39 is 0 Å². The van der Waals surface area contributed by atoms with Crippen molar-refractivity contribution in [2.75, 3.05) is 26.7 Å². The zero-order valence-electron chi connectivity index (χ0n) is 13.9. The van der Waals surface area contributed by atoms with Crippen LogP contribution >= 0.6 is 0 Å². The van der Waals surface area contributed by atoms with E-state index in [0.717, 1.165) is 18.7 Å². The minimum Gasteiger partial charge on any atom is -0.465 e. The maximum absolute atomic E-state index is 12.1. The van der Waals surface area contributed by atoms with E-state index in [1.165, 1.54) is 12.0 Å². The number of hydrogen-bond donors (Lipinski definition) is 2. The van der Waals surface area contributed by atoms with E-state index in [2.05, 4.69) is 10.1 Å². The average molecular weight is 321 g/mol. The Morgan fingerprint density at radius 1 is 1.22 bits per heavy atom. The van der Waals surface area contributed by atoms with Crippen LogP contribution in [0.2, 0.25) is 0 Å². The van der Waals surface area contributed by atoms with Gasteiger partial charge >= 0.3 is 5.97 Å². The molecule has 6 nitrogen and oxygen atoms in total. The number of carbonyl (C=O) groups is 2. The lowest BCUT2D eigenvalue weighted by Crippen LogP contribution is -3.16. The molecule has 1 heterocycles. The molecule has 0 unspecified atom stereocenters. The van der Waals surface area contributed by atoms with Gasteiger partial charge in [-0.15, -0.1) is 0 Å². The van der Waals surface area contributed by atoms with E-state index in [1.54, 1.807) is 12.1 Å². The molecular weight excluding hydrogens is 296 g/mol. The van der Waals surface area contributed by atoms with Crippen molar-refractivity contribution in [3.8, 4) is 0 Å². The van der Waals surface area contributed by atoms with Crippen LogP contribution in [0.5, 0.6) is 0 Å². The Bertz CT molecular complexity index is 534. The minimum absolute atomic E-state index is 0.0262. The smallest absolute Gasteiger partial charge is 0.337 e. The van der Waals surface area contributed by atoms with Gasteiger partial charge in [-0.2, -0.15) is 0 Å². The van der Waals surface area contributed by atoms with Crippen molar-refractivity contribution in [3.63, 3.8) is 0 Å². The van der Waals surface area contributed by atoms with E-state index in [-0.39, 0.29) is 24.1 Å². The summed E-state index contributed by atoms with van der Waals surface area (Å²) in [6.45, 7) is 6.69. The first-order valence-electron chi connectivity index (χ1n) is 7.91. The molecule has 126 valence electrons. The highest BCUT2D eigenvalue weighted by Crippen LogP contribution is 2.05. The molecule has 2 rings (SSSR count). The normalized spacial score (nSPS) is 24.0. The van der Waals surface area contributed by atoms with Crippen molar-refractivity contribution in [2.24, 2.45) is 0 Å². The van der Waals surface area contributed by atoms with Crippen LogP contribution in [0, 0.1) is 0 Å². The van der Waals surface area contributed by atoms with E-state index in [1.807, 2.05) is 26.0 Å². The van der Waals surface area contributed by atoms with Crippen LogP contribution in [0.15, 0.2) is 24.3 Å². The summed E-state index contributed by atoms with van der Waals surface area (Å²) in [6.07, 6.45) is 0.375. The van der Waals surface area contributed by atoms with Crippen molar-refractivity contribution in [1.82, 2.24) is 5.32 Å². The number of rotatable bonds is 5. The van der Waals surface area contributed by atoms with E-state index >= 15 is 0 Å². The summed E-state index contributed by atoms with van der Waals surface area (Å²) in [5.41, 5.74) is 1.45. The maximum atomic E-state index is 12.1. The number of esters is 1. The third-order valence-corrected chi connectivity index (χ3v) is 3.89. The van der Waals surface area contributed by atoms with Crippen molar-refractivity contribution in [2.45, 2.75) is 32.6 Å². The molecule has 0 radical (unpaired) electrons. The second kappa shape index (κ2) is 8.08. The molecule has 1 amide bonds. The van der Waals surface area contributed by atoms with Crippen molar-refractivity contribution in [1.29, 1.82) is 0 Å². The standard InChI is InChI=1S/C17H24N2O4/c1-12-9-19(10-13(2)23-12)11-16(20)18-8-14-4-6-15(7-5-14)17(21)22-3/h4-7,12-13H,8-11H2,1-3H3,(H,18,20)/p+1/t12-,13-/m1/s1. The zero-order valence-corrected chi connectivity index (χ0v) is 13.9. The van der Waals surface area contributed by atoms with E-state index in [4.69, 9.17) is 4.74 Å². The Morgan fingerprint density at radius 2 is 1.83 bits per heavy atom. The Hall–Kier alpha value is -1.92. The molecule has 23 heavy (non-hydrogen) atoms. The molecule has 1 aliphatic rings. The fraction of sp³-hybridized carbons (Fsp3) is 0.529. The number of quaternary nitrogens is 1. The minimum atomic E-state index is -0.361. The predicted molar refractivity (Wildman–Crippen MR) is 85.2 cm³/mol. The highest BCUT2D eigenvalue weighted by Gasteiger charge is 2.26. The zero-order chi connectivity index (χ0) is 16.8. The van der Waals surface area contributed by atoms with Gasteiger partial charge in [-0.3, -0.25) is 4.79 Å². The summed E-state index contributed by atoms with van der Waals surface area (Å²) in [6, 6.07) is 7.03. The van der Waals surface area contributed by atoms with Crippen LogP contribution in [0.25, 0.3) is 0 Å². The molecule has 0 saturated carbocycles. The molecule has 2 N–H and O–H groups in total. The molecule has 6 heteroatoms. The van der Waals surface area contributed by atoms with Crippen molar-refractivity contribution < 1.29 is 24.0 Å². The van der Waals surface area contributed by atoms with E-state index in [0.29, 0.717) is 18.7 Å². The van der Waals surface area contributed by atoms with Gasteiger partial charge in [-0.1, -0.05) is 12.1 Å². The van der Waals surface area contributed by atoms with Crippen molar-refractivity contribution >= 4 is 11.9 Å². The summed E-state index contributed by atoms with van der Waals surface area (Å²) in [5.74, 6) is -0.335. The topological polar surface area (TPSA) is 69.1 Å². The monoisotopic (exact) mass is 321 g/mol. The number of morpholine rings is 1. The van der Waals surface area contributed by atoms with Gasteiger partial charge in [0.15, 0.2) is 6.54 Å². The Labute approximate surface area is 136 Å². The third-order valence-electron chi connectivity index (χ3n) is 3.89. The van der Waals surface area contributed by atoms with Gasteiger partial charge in [0.25, 0.3) is 5.91 Å². The number of ether oxygens (including phenoxy) is 2. The lowest BCUT2D eigenvalue weighted by molar-refractivity contribution is -0.907. The van der Waals surface area contributed by atoms with Gasteiger partial charge in [-0.05, 0) is 31.5 Å². The Morgan fingerprint density at radius 3 is 2.39 bits per heavy atom. The van der Waals surface area contributed by atoms with Crippen LogP contribution in [0.3, 0.4) is 0 Å². The number of benzene rings is 1. The van der Waals surface area contributed by atoms with Gasteiger partial charge in [0.1, 0.15) is 25.3 Å². The molecule has 0 aliphatic carbocycles. The summed E-state index contributed by atoms with van der Waals surface area (Å²) in [4.78, 5) is 24.7. The lowest BCUT2D eigenvalue weighted by atomic mass is 10.1. The first-order valence-corrected chi connectivity index (χ1v) is 7.91. The summed E-state index contributed by atoms with van der Waals surface area (Å²) >= 11 is 0. The second-order valence-electron chi connectivity index (χ2n) is 6.06. The summed E-state index contributed by atoms with van der Waals surface area (Å²) in [5, 5.41) is 2.92. The molecule has 1 aromatic rings. The maximum Gasteiger partial charge on any atom is 0.337 e. The number of nitrogens with one attached hydrogen (secondary N) is 2. The summed E-state index contributed by atoms with van der Waals surface area (Å²) < 4.78 is 10.3. The quantitative estimate of drug-likeness (QED) is 0.736. The molecular formula is C17H25N2O4+. The van der Waals surface area contributed by atoms with Crippen molar-refractivity contribution in [3.05, 3.63) is 35.4 Å². The van der Waals surface area contributed by atoms with E-state index in [9.17, 15) is 9.59 Å². The average Bonchev–Trinajstić information content (AvgIpc) is 2.51. The highest BCUT2D eigenvalue weighted by molar-refractivity contribution is 5.89. The largest absolute Gasteiger partial charge is 0.465 e. The van der Waals surface area contributed by atoms with Gasteiger partial charge < -0.3 is 19.7 Å². The highest BCUT2D eigenvalue weighted by atomic mass is 16.5. The SMILES string of the molecule is COC(=O)c1ccc(CNC(=O)C[NH+]2C[C@@H](C)O[C@H](C)C2)cc1. The summed E-state index contributed by atoms with van der Waals surface area (Å²) in [7, 11) is 1.35. The van der Waals surface area contributed by atoms with Crippen LogP contribution < -0.4 is 10.2 Å². The van der Waals surface area contributed by atoms with Gasteiger partial charge in [-0.25, -0.2) is 4.79 Å². The molecule has 1 saturated heterocycles. The van der Waals surface area contributed by atoms with Crippen LogP contribution in [0.4, 0.5) is 0 Å². The van der Waals surface area contributed by atoms with Gasteiger partial charge in [0.05, 0.1) is 12.7 Å². The number of methoxy groups -OCH3 is 1. The fourth-order valence-corrected chi connectivity index (χ4v) is 2.90. The molecule has 0 bridgehead atoms. The predicted octanol–water partition coefficient (Wildman–Crippen LogP) is -0.218. The molecule has 0 aromatic heterocycles. The first kappa shape index (κ1) is 17.4. The number of hydrogen-bond acceptors (Lipinski definition) is 4.